The summed E-state index contributed by atoms with van der Waals surface area (Å²) in [6.07, 6.45) is 2.01. The number of hydrogen-bond acceptors (Lipinski definition) is 3. The number of hydrogen-bond donors (Lipinski definition) is 2. The van der Waals surface area contributed by atoms with Crippen molar-refractivity contribution in [1.29, 1.82) is 0 Å². The fraction of sp³-hybridized carbons (Fsp3) is 0.941. The Labute approximate surface area is 131 Å². The van der Waals surface area contributed by atoms with Crippen LogP contribution in [0.2, 0.25) is 0 Å². The van der Waals surface area contributed by atoms with Gasteiger partial charge in [0.15, 0.2) is 0 Å². The number of aliphatic hydroxyl groups is 1. The minimum Gasteiger partial charge on any atom is -0.378 e. The van der Waals surface area contributed by atoms with Crippen molar-refractivity contribution in [3.8, 4) is 0 Å². The monoisotopic (exact) mass is 300 g/mol. The highest BCUT2D eigenvalue weighted by atomic mass is 16.3. The zero-order valence-corrected chi connectivity index (χ0v) is 15.0. The van der Waals surface area contributed by atoms with Gasteiger partial charge >= 0.3 is 0 Å². The topological polar surface area (TPSA) is 52.6 Å². The first kappa shape index (κ1) is 20.4. The Morgan fingerprint density at radius 1 is 1.10 bits per heavy atom. The number of carbonyl (C=O) groups excluding carboxylic acids is 1. The van der Waals surface area contributed by atoms with E-state index in [0.717, 1.165) is 12.8 Å². The quantitative estimate of drug-likeness (QED) is 0.482. The average molecular weight is 300 g/mol. The van der Waals surface area contributed by atoms with E-state index >= 15 is 0 Å². The van der Waals surface area contributed by atoms with E-state index in [4.69, 9.17) is 0 Å². The van der Waals surface area contributed by atoms with Gasteiger partial charge in [-0.15, -0.1) is 0 Å². The molecule has 0 aliphatic rings. The van der Waals surface area contributed by atoms with Gasteiger partial charge in [0, 0.05) is 18.6 Å². The van der Waals surface area contributed by atoms with Crippen molar-refractivity contribution in [3.05, 3.63) is 0 Å². The number of unbranched alkanes of at least 4 members (excludes halogenated alkanes) is 1. The standard InChI is InChI=1S/C17H36N2O2/c1-8-9-10-18-16(20)15(11-12(2)3)17(21)19(13(4)5)14(6)7/h12-15,17,21H,8-11H2,1-7H3,(H,18,20). The Balaban J connectivity index is 4.97. The SMILES string of the molecule is CCCCNC(=O)C(CC(C)C)C(O)N(C(C)C)C(C)C. The molecule has 0 aromatic rings. The molecule has 1 amide bonds. The van der Waals surface area contributed by atoms with E-state index in [1.54, 1.807) is 0 Å². The van der Waals surface area contributed by atoms with Crippen LogP contribution in [0.5, 0.6) is 0 Å². The van der Waals surface area contributed by atoms with Crippen LogP contribution in [0.3, 0.4) is 0 Å². The van der Waals surface area contributed by atoms with E-state index < -0.39 is 6.23 Å². The molecule has 0 bridgehead atoms. The van der Waals surface area contributed by atoms with Crippen LogP contribution in [0.25, 0.3) is 0 Å². The summed E-state index contributed by atoms with van der Waals surface area (Å²) in [6.45, 7) is 15.2. The van der Waals surface area contributed by atoms with Gasteiger partial charge in [0.1, 0.15) is 6.23 Å². The lowest BCUT2D eigenvalue weighted by Gasteiger charge is -2.39. The number of carbonyl (C=O) groups is 1. The first-order valence-corrected chi connectivity index (χ1v) is 8.45. The van der Waals surface area contributed by atoms with Crippen molar-refractivity contribution < 1.29 is 9.90 Å². The van der Waals surface area contributed by atoms with E-state index in [1.165, 1.54) is 0 Å². The molecule has 2 atom stereocenters. The summed E-state index contributed by atoms with van der Waals surface area (Å²) in [5.41, 5.74) is 0. The number of rotatable bonds is 10. The molecule has 0 aromatic carbocycles. The third-order valence-electron chi connectivity index (χ3n) is 3.75. The molecule has 2 N–H and O–H groups in total. The highest BCUT2D eigenvalue weighted by Crippen LogP contribution is 2.22. The fourth-order valence-electron chi connectivity index (χ4n) is 2.81. The van der Waals surface area contributed by atoms with Gasteiger partial charge in [0.2, 0.25) is 5.91 Å². The van der Waals surface area contributed by atoms with Gasteiger partial charge in [0.05, 0.1) is 5.92 Å². The average Bonchev–Trinajstić information content (AvgIpc) is 2.34. The second kappa shape index (κ2) is 10.2. The maximum absolute atomic E-state index is 12.4. The van der Waals surface area contributed by atoms with Gasteiger partial charge in [-0.2, -0.15) is 0 Å². The molecule has 0 aliphatic carbocycles. The second-order valence-electron chi connectivity index (χ2n) is 6.93. The molecule has 0 fully saturated rings. The number of aliphatic hydroxyl groups excluding tert-OH is 1. The summed E-state index contributed by atoms with van der Waals surface area (Å²) in [5, 5.41) is 13.7. The Bertz CT molecular complexity index is 283. The maximum atomic E-state index is 12.4. The highest BCUT2D eigenvalue weighted by molar-refractivity contribution is 5.79. The first-order valence-electron chi connectivity index (χ1n) is 8.45. The zero-order valence-electron chi connectivity index (χ0n) is 15.0. The van der Waals surface area contributed by atoms with E-state index in [2.05, 4.69) is 53.8 Å². The molecule has 4 heteroatoms. The van der Waals surface area contributed by atoms with Gasteiger partial charge < -0.3 is 10.4 Å². The number of amides is 1. The molecule has 0 radical (unpaired) electrons. The summed E-state index contributed by atoms with van der Waals surface area (Å²) >= 11 is 0. The Hall–Kier alpha value is -0.610. The lowest BCUT2D eigenvalue weighted by atomic mass is 9.92. The van der Waals surface area contributed by atoms with Crippen LogP contribution >= 0.6 is 0 Å². The molecule has 21 heavy (non-hydrogen) atoms. The molecule has 2 unspecified atom stereocenters. The highest BCUT2D eigenvalue weighted by Gasteiger charge is 2.34. The van der Waals surface area contributed by atoms with Crippen LogP contribution in [0, 0.1) is 11.8 Å². The molecule has 126 valence electrons. The fourth-order valence-corrected chi connectivity index (χ4v) is 2.81. The number of nitrogens with one attached hydrogen (secondary N) is 1. The van der Waals surface area contributed by atoms with Crippen molar-refractivity contribution in [2.24, 2.45) is 11.8 Å². The maximum Gasteiger partial charge on any atom is 0.227 e. The summed E-state index contributed by atoms with van der Waals surface area (Å²) in [5.74, 6) is -0.00893. The van der Waals surface area contributed by atoms with Gasteiger partial charge in [-0.3, -0.25) is 9.69 Å². The smallest absolute Gasteiger partial charge is 0.227 e. The molecule has 0 aromatic heterocycles. The zero-order chi connectivity index (χ0) is 16.6. The lowest BCUT2D eigenvalue weighted by molar-refractivity contribution is -0.140. The van der Waals surface area contributed by atoms with Crippen LogP contribution in [0.15, 0.2) is 0 Å². The predicted octanol–water partition coefficient (Wildman–Crippen LogP) is 3.00. The molecule has 4 nitrogen and oxygen atoms in total. The van der Waals surface area contributed by atoms with E-state index in [0.29, 0.717) is 18.9 Å². The van der Waals surface area contributed by atoms with Crippen molar-refractivity contribution in [2.75, 3.05) is 6.54 Å². The summed E-state index contributed by atoms with van der Waals surface area (Å²) < 4.78 is 0. The number of nitrogens with zero attached hydrogens (tertiary/aromatic N) is 1. The van der Waals surface area contributed by atoms with E-state index in [9.17, 15) is 9.90 Å². The minimum atomic E-state index is -0.728. The Morgan fingerprint density at radius 2 is 1.62 bits per heavy atom. The summed E-state index contributed by atoms with van der Waals surface area (Å²) in [6, 6.07) is 0.413. The van der Waals surface area contributed by atoms with Crippen molar-refractivity contribution >= 4 is 5.91 Å². The Morgan fingerprint density at radius 3 is 2.00 bits per heavy atom. The molecule has 0 saturated heterocycles. The summed E-state index contributed by atoms with van der Waals surface area (Å²) in [4.78, 5) is 14.5. The molecule has 0 heterocycles. The third kappa shape index (κ3) is 7.28. The minimum absolute atomic E-state index is 0.0176. The van der Waals surface area contributed by atoms with Crippen LogP contribution in [-0.2, 0) is 4.79 Å². The van der Waals surface area contributed by atoms with Gasteiger partial charge in [-0.1, -0.05) is 27.2 Å². The second-order valence-corrected chi connectivity index (χ2v) is 6.93. The van der Waals surface area contributed by atoms with Crippen molar-refractivity contribution in [2.45, 2.75) is 86.0 Å². The molecule has 0 spiro atoms. The van der Waals surface area contributed by atoms with E-state index in [-0.39, 0.29) is 23.9 Å². The molecule has 0 saturated carbocycles. The molecular formula is C17H36N2O2. The summed E-state index contributed by atoms with van der Waals surface area (Å²) in [7, 11) is 0. The normalized spacial score (nSPS) is 15.0. The third-order valence-corrected chi connectivity index (χ3v) is 3.75. The molecule has 0 rings (SSSR count). The van der Waals surface area contributed by atoms with Crippen LogP contribution in [0.1, 0.15) is 67.7 Å². The predicted molar refractivity (Wildman–Crippen MR) is 89.0 cm³/mol. The van der Waals surface area contributed by atoms with Crippen molar-refractivity contribution in [3.63, 3.8) is 0 Å². The lowest BCUT2D eigenvalue weighted by Crippen LogP contribution is -2.52. The largest absolute Gasteiger partial charge is 0.378 e. The molecule has 0 aliphatic heterocycles. The van der Waals surface area contributed by atoms with Gasteiger partial charge in [0.25, 0.3) is 0 Å². The Kier molecular flexibility index (Phi) is 9.88. The van der Waals surface area contributed by atoms with E-state index in [1.807, 2.05) is 4.90 Å². The van der Waals surface area contributed by atoms with Gasteiger partial charge in [-0.05, 0) is 46.5 Å². The van der Waals surface area contributed by atoms with Crippen LogP contribution in [0.4, 0.5) is 0 Å². The van der Waals surface area contributed by atoms with Crippen LogP contribution < -0.4 is 5.32 Å². The first-order chi connectivity index (χ1) is 9.72. The van der Waals surface area contributed by atoms with Crippen molar-refractivity contribution in [1.82, 2.24) is 10.2 Å². The molecular weight excluding hydrogens is 264 g/mol. The van der Waals surface area contributed by atoms with Crippen LogP contribution in [-0.4, -0.2) is 40.8 Å². The van der Waals surface area contributed by atoms with Gasteiger partial charge in [-0.25, -0.2) is 0 Å².